The maximum atomic E-state index is 12.4. The van der Waals surface area contributed by atoms with Crippen molar-refractivity contribution in [3.8, 4) is 0 Å². The van der Waals surface area contributed by atoms with Gasteiger partial charge in [0.1, 0.15) is 0 Å². The summed E-state index contributed by atoms with van der Waals surface area (Å²) < 4.78 is 5.39. The first-order valence-corrected chi connectivity index (χ1v) is 8.70. The van der Waals surface area contributed by atoms with Crippen LogP contribution in [0.15, 0.2) is 54.6 Å². The highest BCUT2D eigenvalue weighted by Gasteiger charge is 2.25. The van der Waals surface area contributed by atoms with Crippen molar-refractivity contribution in [2.24, 2.45) is 0 Å². The second-order valence-electron chi connectivity index (χ2n) is 5.99. The summed E-state index contributed by atoms with van der Waals surface area (Å²) >= 11 is 0. The van der Waals surface area contributed by atoms with E-state index >= 15 is 0 Å². The molecule has 25 heavy (non-hydrogen) atoms. The number of carbonyl (C=O) groups is 2. The second kappa shape index (κ2) is 9.02. The van der Waals surface area contributed by atoms with Crippen LogP contribution in [0.5, 0.6) is 0 Å². The van der Waals surface area contributed by atoms with Crippen LogP contribution in [0.1, 0.15) is 44.2 Å². The largest absolute Gasteiger partial charge is 0.452 e. The van der Waals surface area contributed by atoms with Crippen LogP contribution in [0, 0.1) is 0 Å². The van der Waals surface area contributed by atoms with Crippen molar-refractivity contribution < 1.29 is 14.3 Å². The molecular weight excluding hydrogens is 314 g/mol. The van der Waals surface area contributed by atoms with Crippen LogP contribution < -0.4 is 5.32 Å². The quantitative estimate of drug-likeness (QED) is 0.765. The zero-order chi connectivity index (χ0) is 18.2. The second-order valence-corrected chi connectivity index (χ2v) is 5.99. The van der Waals surface area contributed by atoms with Gasteiger partial charge in [-0.15, -0.1) is 0 Å². The Bertz CT molecular complexity index is 695. The van der Waals surface area contributed by atoms with E-state index in [2.05, 4.69) is 12.2 Å². The molecule has 0 heterocycles. The Morgan fingerprint density at radius 2 is 1.64 bits per heavy atom. The topological polar surface area (TPSA) is 55.4 Å². The lowest BCUT2D eigenvalue weighted by Gasteiger charge is -2.18. The molecule has 0 fully saturated rings. The number of nitrogens with one attached hydrogen (secondary N) is 1. The Labute approximate surface area is 149 Å². The lowest BCUT2D eigenvalue weighted by atomic mass is 9.97. The molecule has 1 N–H and O–H groups in total. The number of aryl methyl sites for hydroxylation is 1. The van der Waals surface area contributed by atoms with Gasteiger partial charge in [-0.1, -0.05) is 56.3 Å². The number of benzene rings is 2. The fraction of sp³-hybridized carbons (Fsp3) is 0.333. The first-order valence-electron chi connectivity index (χ1n) is 8.70. The molecule has 0 aromatic heterocycles. The molecule has 4 nitrogen and oxygen atoms in total. The van der Waals surface area contributed by atoms with Gasteiger partial charge in [-0.05, 0) is 43.0 Å². The zero-order valence-electron chi connectivity index (χ0n) is 15.0. The van der Waals surface area contributed by atoms with Crippen molar-refractivity contribution >= 4 is 17.6 Å². The Morgan fingerprint density at radius 3 is 2.20 bits per heavy atom. The molecule has 132 valence electrons. The number of hydrogen-bond acceptors (Lipinski definition) is 3. The molecule has 0 bridgehead atoms. The highest BCUT2D eigenvalue weighted by atomic mass is 16.5. The van der Waals surface area contributed by atoms with Crippen molar-refractivity contribution in [2.75, 3.05) is 5.32 Å². The molecule has 2 aromatic rings. The molecule has 2 aromatic carbocycles. The van der Waals surface area contributed by atoms with Gasteiger partial charge in [0, 0.05) is 5.69 Å². The van der Waals surface area contributed by atoms with Gasteiger partial charge in [0.15, 0.2) is 6.10 Å². The van der Waals surface area contributed by atoms with E-state index in [0.717, 1.165) is 12.0 Å². The van der Waals surface area contributed by atoms with Gasteiger partial charge < -0.3 is 10.1 Å². The van der Waals surface area contributed by atoms with E-state index in [1.807, 2.05) is 61.5 Å². The average Bonchev–Trinajstić information content (AvgIpc) is 2.63. The molecular formula is C21H25NO3. The summed E-state index contributed by atoms with van der Waals surface area (Å²) in [6.07, 6.45) is 0.714. The summed E-state index contributed by atoms with van der Waals surface area (Å²) in [5.41, 5.74) is 2.80. The number of rotatable bonds is 7. The number of esters is 1. The van der Waals surface area contributed by atoms with Gasteiger partial charge in [-0.25, -0.2) is 0 Å². The minimum absolute atomic E-state index is 0.333. The zero-order valence-corrected chi connectivity index (χ0v) is 15.0. The van der Waals surface area contributed by atoms with Gasteiger partial charge in [0.25, 0.3) is 5.91 Å². The van der Waals surface area contributed by atoms with E-state index in [9.17, 15) is 9.59 Å². The average molecular weight is 339 g/mol. The van der Waals surface area contributed by atoms with Crippen molar-refractivity contribution in [3.05, 3.63) is 65.7 Å². The third-order valence-electron chi connectivity index (χ3n) is 4.19. The van der Waals surface area contributed by atoms with Gasteiger partial charge >= 0.3 is 5.97 Å². The molecule has 2 rings (SSSR count). The van der Waals surface area contributed by atoms with Crippen molar-refractivity contribution in [3.63, 3.8) is 0 Å². The van der Waals surface area contributed by atoms with E-state index in [1.165, 1.54) is 5.56 Å². The lowest BCUT2D eigenvalue weighted by Crippen LogP contribution is -2.31. The molecule has 4 heteroatoms. The highest BCUT2D eigenvalue weighted by molar-refractivity contribution is 5.95. The van der Waals surface area contributed by atoms with Crippen LogP contribution >= 0.6 is 0 Å². The molecule has 0 saturated heterocycles. The Kier molecular flexibility index (Phi) is 6.75. The van der Waals surface area contributed by atoms with Crippen LogP contribution in [-0.4, -0.2) is 18.0 Å². The maximum absolute atomic E-state index is 12.4. The van der Waals surface area contributed by atoms with Gasteiger partial charge in [0.2, 0.25) is 0 Å². The van der Waals surface area contributed by atoms with Crippen LogP contribution in [-0.2, 0) is 20.7 Å². The van der Waals surface area contributed by atoms with Crippen molar-refractivity contribution in [2.45, 2.75) is 45.6 Å². The van der Waals surface area contributed by atoms with Gasteiger partial charge in [-0.2, -0.15) is 0 Å². The van der Waals surface area contributed by atoms with Crippen LogP contribution in [0.25, 0.3) is 0 Å². The van der Waals surface area contributed by atoms with Crippen LogP contribution in [0.4, 0.5) is 5.69 Å². The maximum Gasteiger partial charge on any atom is 0.314 e. The number of carbonyl (C=O) groups excluding carboxylic acids is 2. The smallest absolute Gasteiger partial charge is 0.314 e. The molecule has 1 amide bonds. The predicted molar refractivity (Wildman–Crippen MR) is 99.5 cm³/mol. The predicted octanol–water partition coefficient (Wildman–Crippen LogP) is 4.31. The third kappa shape index (κ3) is 5.18. The van der Waals surface area contributed by atoms with Crippen molar-refractivity contribution in [1.29, 1.82) is 0 Å². The fourth-order valence-corrected chi connectivity index (χ4v) is 2.60. The van der Waals surface area contributed by atoms with Crippen LogP contribution in [0.2, 0.25) is 0 Å². The summed E-state index contributed by atoms with van der Waals surface area (Å²) in [4.78, 5) is 24.7. The SMILES string of the molecule is CCc1ccc(NC(=O)[C@@H](C)OC(=O)[C@H](CC)c2ccccc2)cc1. The number of amides is 1. The summed E-state index contributed by atoms with van der Waals surface area (Å²) in [7, 11) is 0. The van der Waals surface area contributed by atoms with Crippen LogP contribution in [0.3, 0.4) is 0 Å². The third-order valence-corrected chi connectivity index (χ3v) is 4.19. The summed E-state index contributed by atoms with van der Waals surface area (Å²) in [5, 5.41) is 2.78. The standard InChI is InChI=1S/C21H25NO3/c1-4-16-11-13-18(14-12-16)22-20(23)15(3)25-21(24)19(5-2)17-9-7-6-8-10-17/h6-15,19H,4-5H2,1-3H3,(H,22,23)/t15-,19-/m1/s1. The number of ether oxygens (including phenoxy) is 1. The Morgan fingerprint density at radius 1 is 1.00 bits per heavy atom. The molecule has 0 aliphatic carbocycles. The minimum Gasteiger partial charge on any atom is -0.452 e. The number of anilines is 1. The molecule has 0 radical (unpaired) electrons. The van der Waals surface area contributed by atoms with Gasteiger partial charge in [0.05, 0.1) is 5.92 Å². The number of hydrogen-bond donors (Lipinski definition) is 1. The summed E-state index contributed by atoms with van der Waals surface area (Å²) in [5.74, 6) is -1.07. The molecule has 0 aliphatic rings. The molecule has 0 unspecified atom stereocenters. The molecule has 2 atom stereocenters. The van der Waals surface area contributed by atoms with E-state index < -0.39 is 6.10 Å². The van der Waals surface area contributed by atoms with E-state index in [1.54, 1.807) is 6.92 Å². The fourth-order valence-electron chi connectivity index (χ4n) is 2.60. The Balaban J connectivity index is 1.96. The monoisotopic (exact) mass is 339 g/mol. The summed E-state index contributed by atoms with van der Waals surface area (Å²) in [6, 6.07) is 17.1. The lowest BCUT2D eigenvalue weighted by molar-refractivity contribution is -0.154. The van der Waals surface area contributed by atoms with E-state index in [4.69, 9.17) is 4.74 Å². The van der Waals surface area contributed by atoms with Crippen molar-refractivity contribution in [1.82, 2.24) is 0 Å². The normalized spacial score (nSPS) is 12.9. The first kappa shape index (κ1) is 18.7. The van der Waals surface area contributed by atoms with E-state index in [-0.39, 0.29) is 17.8 Å². The first-order chi connectivity index (χ1) is 12.0. The Hall–Kier alpha value is -2.62. The minimum atomic E-state index is -0.851. The summed E-state index contributed by atoms with van der Waals surface area (Å²) in [6.45, 7) is 5.59. The highest BCUT2D eigenvalue weighted by Crippen LogP contribution is 2.21. The molecule has 0 saturated carbocycles. The molecule has 0 spiro atoms. The van der Waals surface area contributed by atoms with Gasteiger partial charge in [-0.3, -0.25) is 9.59 Å². The van der Waals surface area contributed by atoms with E-state index in [0.29, 0.717) is 12.1 Å². The molecule has 0 aliphatic heterocycles.